The van der Waals surface area contributed by atoms with Crippen LogP contribution in [0.2, 0.25) is 15.1 Å². The van der Waals surface area contributed by atoms with Gasteiger partial charge in [-0.1, -0.05) is 107 Å². The number of benzene rings is 2. The Labute approximate surface area is 214 Å². The predicted octanol–water partition coefficient (Wildman–Crippen LogP) is 9.06. The number of amides is 1. The van der Waals surface area contributed by atoms with Gasteiger partial charge in [-0.05, 0) is 58.8 Å². The van der Waals surface area contributed by atoms with Gasteiger partial charge in [0.2, 0.25) is 0 Å². The van der Waals surface area contributed by atoms with E-state index in [9.17, 15) is 4.79 Å². The van der Waals surface area contributed by atoms with Gasteiger partial charge in [-0.25, -0.2) is 0 Å². The largest absolute Gasteiger partial charge is 0.334 e. The number of carbonyl (C=O) groups is 1. The Kier molecular flexibility index (Phi) is 7.83. The molecule has 2 aliphatic rings. The van der Waals surface area contributed by atoms with E-state index in [1.165, 1.54) is 5.56 Å². The molecule has 4 rings (SSSR count). The van der Waals surface area contributed by atoms with Gasteiger partial charge < -0.3 is 4.90 Å². The molecule has 3 atom stereocenters. The summed E-state index contributed by atoms with van der Waals surface area (Å²) in [6.45, 7) is 12.0. The topological polar surface area (TPSA) is 20.3 Å². The summed E-state index contributed by atoms with van der Waals surface area (Å²) in [5.74, 6) is 0.800. The lowest BCUT2D eigenvalue weighted by Gasteiger charge is -2.46. The Morgan fingerprint density at radius 1 is 1.12 bits per heavy atom. The molecule has 0 spiro atoms. The lowest BCUT2D eigenvalue weighted by Crippen LogP contribution is -2.44. The summed E-state index contributed by atoms with van der Waals surface area (Å²) in [7, 11) is 0. The van der Waals surface area contributed by atoms with Crippen LogP contribution in [0, 0.1) is 18.8 Å². The number of rotatable bonds is 3. The quantitative estimate of drug-likeness (QED) is 0.379. The summed E-state index contributed by atoms with van der Waals surface area (Å²) in [6, 6.07) is 8.27. The van der Waals surface area contributed by atoms with E-state index in [0.717, 1.165) is 36.0 Å². The number of nitrogens with zero attached hydrogens (tertiary/aromatic N) is 1. The van der Waals surface area contributed by atoms with Gasteiger partial charge in [0.05, 0.1) is 20.6 Å². The SMILES string of the molecule is C.Cc1ccccc1CN1CC2C(C)CCCC2(C)c2c(Cl)c(Cl)c(C(C)C)c(Cl)c2C1=O. The molecule has 1 amide bonds. The van der Waals surface area contributed by atoms with Gasteiger partial charge in [0.1, 0.15) is 0 Å². The van der Waals surface area contributed by atoms with E-state index in [-0.39, 0.29) is 24.7 Å². The fraction of sp³-hybridized carbons (Fsp3) is 0.536. The standard InChI is InChI=1S/C27H32Cl3NO.CH4/c1-15(2)20-23(28)21-22(25(30)24(20)29)27(5)12-8-10-17(4)19(27)14-31(26(21)32)13-18-11-7-6-9-16(18)3;/h6-7,9,11,15,17,19H,8,10,12-14H2,1-5H3;1H4. The third-order valence-corrected chi connectivity index (χ3v) is 9.16. The van der Waals surface area contributed by atoms with Crippen LogP contribution in [0.25, 0.3) is 0 Å². The highest BCUT2D eigenvalue weighted by atomic mass is 35.5. The summed E-state index contributed by atoms with van der Waals surface area (Å²) in [4.78, 5) is 16.1. The molecular weight excluding hydrogens is 473 g/mol. The van der Waals surface area contributed by atoms with E-state index in [1.807, 2.05) is 30.9 Å². The Bertz CT molecular complexity index is 1060. The molecule has 33 heavy (non-hydrogen) atoms. The zero-order valence-corrected chi connectivity index (χ0v) is 21.8. The average molecular weight is 509 g/mol. The Hall–Kier alpha value is -1.22. The fourth-order valence-electron chi connectivity index (χ4n) is 6.03. The molecule has 1 aliphatic carbocycles. The van der Waals surface area contributed by atoms with Crippen molar-refractivity contribution in [3.05, 3.63) is 67.2 Å². The molecule has 0 radical (unpaired) electrons. The van der Waals surface area contributed by atoms with E-state index in [4.69, 9.17) is 34.8 Å². The second-order valence-corrected chi connectivity index (χ2v) is 11.4. The summed E-state index contributed by atoms with van der Waals surface area (Å²) in [5, 5.41) is 1.50. The van der Waals surface area contributed by atoms with Crippen LogP contribution >= 0.6 is 34.8 Å². The van der Waals surface area contributed by atoms with Gasteiger partial charge in [-0.2, -0.15) is 0 Å². The first-order chi connectivity index (χ1) is 15.1. The molecule has 2 nitrogen and oxygen atoms in total. The minimum Gasteiger partial charge on any atom is -0.334 e. The maximum atomic E-state index is 14.1. The van der Waals surface area contributed by atoms with Crippen molar-refractivity contribution in [2.24, 2.45) is 11.8 Å². The van der Waals surface area contributed by atoms with Gasteiger partial charge in [0, 0.05) is 13.1 Å². The van der Waals surface area contributed by atoms with Crippen molar-refractivity contribution in [1.82, 2.24) is 4.90 Å². The molecule has 0 saturated heterocycles. The molecular formula is C28H36Cl3NO. The van der Waals surface area contributed by atoms with Crippen molar-refractivity contribution in [2.75, 3.05) is 6.54 Å². The van der Waals surface area contributed by atoms with Crippen LogP contribution in [-0.2, 0) is 12.0 Å². The maximum Gasteiger partial charge on any atom is 0.256 e. The lowest BCUT2D eigenvalue weighted by atomic mass is 9.59. The lowest BCUT2D eigenvalue weighted by molar-refractivity contribution is 0.0612. The summed E-state index contributed by atoms with van der Waals surface area (Å²) in [6.07, 6.45) is 3.25. The number of halogens is 3. The van der Waals surface area contributed by atoms with Gasteiger partial charge in [0.15, 0.2) is 0 Å². The van der Waals surface area contributed by atoms with Gasteiger partial charge in [-0.3, -0.25) is 4.79 Å². The monoisotopic (exact) mass is 507 g/mol. The van der Waals surface area contributed by atoms with Crippen molar-refractivity contribution >= 4 is 40.7 Å². The number of hydrogen-bond donors (Lipinski definition) is 0. The van der Waals surface area contributed by atoms with Crippen molar-refractivity contribution in [2.45, 2.75) is 79.2 Å². The van der Waals surface area contributed by atoms with Crippen LogP contribution in [0.1, 0.15) is 92.9 Å². The second kappa shape index (κ2) is 9.80. The molecule has 2 aromatic rings. The van der Waals surface area contributed by atoms with Crippen LogP contribution in [0.15, 0.2) is 24.3 Å². The van der Waals surface area contributed by atoms with Crippen molar-refractivity contribution in [1.29, 1.82) is 0 Å². The van der Waals surface area contributed by atoms with E-state index in [1.54, 1.807) is 0 Å². The van der Waals surface area contributed by atoms with Crippen molar-refractivity contribution < 1.29 is 4.79 Å². The first-order valence-electron chi connectivity index (χ1n) is 11.6. The first kappa shape index (κ1) is 26.4. The Morgan fingerprint density at radius 3 is 2.42 bits per heavy atom. The molecule has 2 aromatic carbocycles. The van der Waals surface area contributed by atoms with Crippen molar-refractivity contribution in [3.8, 4) is 0 Å². The molecule has 0 N–H and O–H groups in total. The molecule has 3 unspecified atom stereocenters. The van der Waals surface area contributed by atoms with E-state index in [0.29, 0.717) is 45.6 Å². The van der Waals surface area contributed by atoms with Gasteiger partial charge in [-0.15, -0.1) is 0 Å². The minimum atomic E-state index is -0.247. The average Bonchev–Trinajstić information content (AvgIpc) is 2.82. The van der Waals surface area contributed by atoms with E-state index >= 15 is 0 Å². The summed E-state index contributed by atoms with van der Waals surface area (Å²) < 4.78 is 0. The van der Waals surface area contributed by atoms with Crippen molar-refractivity contribution in [3.63, 3.8) is 0 Å². The third kappa shape index (κ3) is 4.32. The van der Waals surface area contributed by atoms with E-state index in [2.05, 4.69) is 32.9 Å². The van der Waals surface area contributed by atoms with E-state index < -0.39 is 0 Å². The van der Waals surface area contributed by atoms with Crippen LogP contribution in [0.4, 0.5) is 0 Å². The smallest absolute Gasteiger partial charge is 0.256 e. The highest BCUT2D eigenvalue weighted by molar-refractivity contribution is 6.46. The van der Waals surface area contributed by atoms with Gasteiger partial charge in [0.25, 0.3) is 5.91 Å². The van der Waals surface area contributed by atoms with Crippen LogP contribution in [0.5, 0.6) is 0 Å². The Morgan fingerprint density at radius 2 is 1.79 bits per heavy atom. The number of aryl methyl sites for hydroxylation is 1. The van der Waals surface area contributed by atoms with Crippen LogP contribution < -0.4 is 0 Å². The number of fused-ring (bicyclic) bond motifs is 3. The first-order valence-corrected chi connectivity index (χ1v) is 12.8. The number of carbonyl (C=O) groups excluding carboxylic acids is 1. The zero-order chi connectivity index (χ0) is 23.4. The maximum absolute atomic E-state index is 14.1. The fourth-order valence-corrected chi connectivity index (χ4v) is 7.38. The van der Waals surface area contributed by atoms with Gasteiger partial charge >= 0.3 is 0 Å². The molecule has 0 bridgehead atoms. The molecule has 5 heteroatoms. The van der Waals surface area contributed by atoms with Crippen LogP contribution in [-0.4, -0.2) is 17.4 Å². The molecule has 0 aromatic heterocycles. The van der Waals surface area contributed by atoms with Crippen LogP contribution in [0.3, 0.4) is 0 Å². The highest BCUT2D eigenvalue weighted by Crippen LogP contribution is 2.55. The summed E-state index contributed by atoms with van der Waals surface area (Å²) >= 11 is 20.8. The second-order valence-electron chi connectivity index (χ2n) is 10.3. The summed E-state index contributed by atoms with van der Waals surface area (Å²) in [5.41, 5.74) is 4.31. The minimum absolute atomic E-state index is 0. The molecule has 180 valence electrons. The Balaban J connectivity index is 0.00000306. The highest BCUT2D eigenvalue weighted by Gasteiger charge is 2.50. The predicted molar refractivity (Wildman–Crippen MR) is 142 cm³/mol. The molecule has 1 fully saturated rings. The third-order valence-electron chi connectivity index (χ3n) is 7.90. The molecule has 1 heterocycles. The number of hydrogen-bond acceptors (Lipinski definition) is 1. The molecule has 1 aliphatic heterocycles. The molecule has 1 saturated carbocycles. The zero-order valence-electron chi connectivity index (χ0n) is 19.6. The normalized spacial score (nSPS) is 24.8.